The Morgan fingerprint density at radius 2 is 1.55 bits per heavy atom. The minimum Gasteiger partial charge on any atom is -0.483 e. The number of sulfonamides is 1. The number of amides is 8. The van der Waals surface area contributed by atoms with Crippen LogP contribution < -0.4 is 31.3 Å². The molecule has 7 aliphatic rings. The number of ether oxygens (including phenoxy) is 1. The summed E-state index contributed by atoms with van der Waals surface area (Å²) in [5.41, 5.74) is 2.15. The van der Waals surface area contributed by atoms with Gasteiger partial charge in [-0.05, 0) is 106 Å². The van der Waals surface area contributed by atoms with Crippen molar-refractivity contribution in [2.24, 2.45) is 17.8 Å². The minimum absolute atomic E-state index is 0.00837. The maximum absolute atomic E-state index is 13.7. The molecule has 0 bridgehead atoms. The normalized spacial score (nSPS) is 26.5. The fraction of sp³-hybridized carbons (Fsp3) is 0.600. The zero-order valence-corrected chi connectivity index (χ0v) is 43.0. The summed E-state index contributed by atoms with van der Waals surface area (Å²) in [4.78, 5) is 110. The number of likely N-dealkylation sites (tertiary alicyclic amines) is 2. The van der Waals surface area contributed by atoms with Gasteiger partial charge in [0.1, 0.15) is 17.3 Å². The second-order valence-corrected chi connectivity index (χ2v) is 23.6. The highest BCUT2D eigenvalue weighted by Gasteiger charge is 2.46. The molecule has 73 heavy (non-hydrogen) atoms. The molecule has 7 aliphatic heterocycles. The van der Waals surface area contributed by atoms with Gasteiger partial charge in [0.15, 0.2) is 6.61 Å². The number of imide groups is 2. The number of rotatable bonds is 15. The highest BCUT2D eigenvalue weighted by molar-refractivity contribution is 8.00. The van der Waals surface area contributed by atoms with Crippen LogP contribution in [0.25, 0.3) is 0 Å². The van der Waals surface area contributed by atoms with E-state index in [1.807, 2.05) is 11.9 Å². The zero-order valence-electron chi connectivity index (χ0n) is 41.3. The Balaban J connectivity index is 0.673. The average Bonchev–Trinajstić information content (AvgIpc) is 4.14. The summed E-state index contributed by atoms with van der Waals surface area (Å²) < 4.78 is 30.8. The summed E-state index contributed by atoms with van der Waals surface area (Å²) in [6, 6.07) is 12.1. The number of fused-ring (bicyclic) bond motifs is 1. The molecule has 9 rings (SSSR count). The fourth-order valence-electron chi connectivity index (χ4n) is 11.6. The van der Waals surface area contributed by atoms with E-state index in [0.717, 1.165) is 67.5 Å². The van der Waals surface area contributed by atoms with Crippen molar-refractivity contribution in [2.45, 2.75) is 87.5 Å². The van der Waals surface area contributed by atoms with E-state index in [4.69, 9.17) is 4.74 Å². The largest absolute Gasteiger partial charge is 0.483 e. The van der Waals surface area contributed by atoms with Crippen LogP contribution in [0.3, 0.4) is 0 Å². The Kier molecular flexibility index (Phi) is 16.2. The summed E-state index contributed by atoms with van der Waals surface area (Å²) in [5.74, 6) is -1.67. The quantitative estimate of drug-likeness (QED) is 0.153. The van der Waals surface area contributed by atoms with E-state index in [-0.39, 0.29) is 90.7 Å². The maximum atomic E-state index is 13.7. The lowest BCUT2D eigenvalue weighted by Crippen LogP contribution is -2.54. The van der Waals surface area contributed by atoms with Gasteiger partial charge in [-0.15, -0.1) is 11.8 Å². The first-order valence-electron chi connectivity index (χ1n) is 25.5. The number of benzene rings is 2. The van der Waals surface area contributed by atoms with Gasteiger partial charge in [-0.2, -0.15) is 0 Å². The molecule has 5 N–H and O–H groups in total. The number of hydrogen-bond donors (Lipinski definition) is 5. The van der Waals surface area contributed by atoms with E-state index in [1.54, 1.807) is 22.7 Å². The second-order valence-electron chi connectivity index (χ2n) is 20.5. The summed E-state index contributed by atoms with van der Waals surface area (Å²) in [6.07, 6.45) is 6.97. The van der Waals surface area contributed by atoms with Gasteiger partial charge in [0.05, 0.1) is 42.6 Å². The van der Waals surface area contributed by atoms with E-state index >= 15 is 0 Å². The van der Waals surface area contributed by atoms with Crippen molar-refractivity contribution in [3.05, 3.63) is 64.7 Å². The number of nitrogens with one attached hydrogen (secondary N) is 5. The zero-order chi connectivity index (χ0) is 51.6. The van der Waals surface area contributed by atoms with Gasteiger partial charge >= 0.3 is 0 Å². The predicted molar refractivity (Wildman–Crippen MR) is 268 cm³/mol. The van der Waals surface area contributed by atoms with Crippen LogP contribution in [0.1, 0.15) is 102 Å². The maximum Gasteiger partial charge on any atom is 0.266 e. The molecule has 0 spiro atoms. The number of hydrogen-bond acceptors (Lipinski definition) is 15. The molecule has 0 aliphatic carbocycles. The van der Waals surface area contributed by atoms with Crippen molar-refractivity contribution < 1.29 is 51.5 Å². The monoisotopic (exact) mass is 1050 g/mol. The lowest BCUT2D eigenvalue weighted by Gasteiger charge is -2.41. The number of carbonyl (C=O) groups is 8. The third kappa shape index (κ3) is 12.1. The van der Waals surface area contributed by atoms with E-state index < -0.39 is 45.6 Å². The lowest BCUT2D eigenvalue weighted by atomic mass is 9.79. The van der Waals surface area contributed by atoms with Crippen molar-refractivity contribution in [2.75, 3.05) is 84.6 Å². The predicted octanol–water partition coefficient (Wildman–Crippen LogP) is 0.544. The molecule has 0 saturated carbocycles. The molecular formula is C50H66N10O11S2. The van der Waals surface area contributed by atoms with Crippen LogP contribution in [0.2, 0.25) is 0 Å². The molecule has 8 amide bonds. The molecular weight excluding hydrogens is 981 g/mol. The van der Waals surface area contributed by atoms with E-state index in [1.165, 1.54) is 22.0 Å². The second kappa shape index (κ2) is 22.6. The van der Waals surface area contributed by atoms with Crippen LogP contribution in [0, 0.1) is 17.8 Å². The fourth-order valence-corrected chi connectivity index (χ4v) is 13.6. The number of carbonyl (C=O) groups excluding carboxylic acids is 8. The molecule has 6 fully saturated rings. The van der Waals surface area contributed by atoms with Gasteiger partial charge < -0.3 is 30.5 Å². The van der Waals surface area contributed by atoms with Crippen molar-refractivity contribution in [1.29, 1.82) is 0 Å². The molecule has 2 aromatic carbocycles. The molecule has 6 unspecified atom stereocenters. The first kappa shape index (κ1) is 52.4. The molecule has 7 heterocycles. The Morgan fingerprint density at radius 1 is 0.849 bits per heavy atom. The number of likely N-dealkylation sites (N-methyl/N-ethyl adjacent to an activating group) is 1. The van der Waals surface area contributed by atoms with Crippen molar-refractivity contribution in [3.63, 3.8) is 0 Å². The molecule has 0 aromatic heterocycles. The highest BCUT2D eigenvalue weighted by atomic mass is 32.2. The van der Waals surface area contributed by atoms with E-state index in [2.05, 4.69) is 55.7 Å². The SMILES string of the molecule is CN(CC(=O)N1CCC(C2CCN(C(=O)COc3cccc4c3C(=O)N(C3CCC(=O)NC3=O)C4=O)CC2)CC1)C1CC(c2cccc(C3CSC(NC(=O)CNC(=O)C4CCN(S(C)(=O)=O)C4)N3)c2)CCN1. The lowest BCUT2D eigenvalue weighted by molar-refractivity contribution is -0.137. The summed E-state index contributed by atoms with van der Waals surface area (Å²) in [5, 5.41) is 14.9. The van der Waals surface area contributed by atoms with Gasteiger partial charge in [0.2, 0.25) is 39.6 Å². The summed E-state index contributed by atoms with van der Waals surface area (Å²) in [6.45, 7) is 3.60. The standard InChI is InChI=1S/C50H66N10O11S2/c1-56(40-24-33(11-17-51-40)32-5-3-6-34(23-32)37-29-72-50(53-37)55-42(62)25-52-46(65)35-16-22-59(26-35)73(2,69)70)27-43(63)57-18-12-30(13-19-57)31-14-20-58(21-15-31)44(64)28-71-39-8-4-7-36-45(39)49(68)60(48(36)67)38-9-10-41(61)54-47(38)66/h3-8,23,30-31,33,35,37-38,40,50-51,53H,9-22,24-29H2,1-2H3,(H,52,65)(H,55,62)(H,54,61,66). The third-order valence-electron chi connectivity index (χ3n) is 15.8. The van der Waals surface area contributed by atoms with Gasteiger partial charge in [-0.1, -0.05) is 30.3 Å². The Morgan fingerprint density at radius 3 is 2.25 bits per heavy atom. The van der Waals surface area contributed by atoms with E-state index in [0.29, 0.717) is 63.4 Å². The van der Waals surface area contributed by atoms with Gasteiger partial charge in [0.25, 0.3) is 17.7 Å². The number of thioether (sulfide) groups is 1. The van der Waals surface area contributed by atoms with E-state index in [9.17, 15) is 46.8 Å². The van der Waals surface area contributed by atoms with Crippen LogP contribution >= 0.6 is 11.8 Å². The van der Waals surface area contributed by atoms with Crippen molar-refractivity contribution in [3.8, 4) is 5.75 Å². The summed E-state index contributed by atoms with van der Waals surface area (Å²) in [7, 11) is -1.36. The van der Waals surface area contributed by atoms with Crippen molar-refractivity contribution in [1.82, 2.24) is 50.5 Å². The van der Waals surface area contributed by atoms with Crippen LogP contribution in [0.4, 0.5) is 0 Å². The molecule has 21 nitrogen and oxygen atoms in total. The Hall–Kier alpha value is -5.46. The number of nitrogens with zero attached hydrogens (tertiary/aromatic N) is 5. The van der Waals surface area contributed by atoms with Gasteiger partial charge in [-0.25, -0.2) is 12.7 Å². The smallest absolute Gasteiger partial charge is 0.266 e. The van der Waals surface area contributed by atoms with Crippen LogP contribution in [-0.2, 0) is 38.8 Å². The first-order chi connectivity index (χ1) is 35.0. The Labute approximate surface area is 429 Å². The van der Waals surface area contributed by atoms with Gasteiger partial charge in [-0.3, -0.25) is 58.8 Å². The molecule has 23 heteroatoms. The molecule has 6 atom stereocenters. The van der Waals surface area contributed by atoms with Crippen LogP contribution in [-0.4, -0.2) is 182 Å². The number of piperidine rings is 4. The molecule has 0 radical (unpaired) electrons. The molecule has 6 saturated heterocycles. The van der Waals surface area contributed by atoms with Gasteiger partial charge in [0, 0.05) is 57.5 Å². The van der Waals surface area contributed by atoms with Crippen molar-refractivity contribution >= 4 is 69.0 Å². The average molecular weight is 1050 g/mol. The molecule has 394 valence electrons. The molecule has 2 aromatic rings. The summed E-state index contributed by atoms with van der Waals surface area (Å²) >= 11 is 1.59. The first-order valence-corrected chi connectivity index (χ1v) is 28.4. The Bertz CT molecular complexity index is 2610. The topological polar surface area (TPSA) is 256 Å². The van der Waals surface area contributed by atoms with Crippen LogP contribution in [0.5, 0.6) is 5.75 Å². The highest BCUT2D eigenvalue weighted by Crippen LogP contribution is 2.37. The van der Waals surface area contributed by atoms with Crippen LogP contribution in [0.15, 0.2) is 42.5 Å². The third-order valence-corrected chi connectivity index (χ3v) is 18.2. The minimum atomic E-state index is -3.36.